The highest BCUT2D eigenvalue weighted by Gasteiger charge is 2.16. The summed E-state index contributed by atoms with van der Waals surface area (Å²) in [6.45, 7) is 2.86. The third-order valence-electron chi connectivity index (χ3n) is 3.18. The summed E-state index contributed by atoms with van der Waals surface area (Å²) in [5.74, 6) is 0.320. The molecule has 1 aliphatic rings. The van der Waals surface area contributed by atoms with E-state index in [0.717, 1.165) is 25.2 Å². The summed E-state index contributed by atoms with van der Waals surface area (Å²) in [6.07, 6.45) is 2.51. The van der Waals surface area contributed by atoms with Crippen LogP contribution < -0.4 is 5.32 Å². The first kappa shape index (κ1) is 12.7. The van der Waals surface area contributed by atoms with Crippen LogP contribution in [-0.4, -0.2) is 36.2 Å². The number of aromatic hydroxyl groups is 1. The number of nitrogens with one attached hydrogen (secondary N) is 1. The Bertz CT molecular complexity index is 378. The summed E-state index contributed by atoms with van der Waals surface area (Å²) in [4.78, 5) is 2.22. The zero-order valence-electron chi connectivity index (χ0n) is 10.1. The second-order valence-corrected chi connectivity index (χ2v) is 5.20. The number of halogens is 1. The van der Waals surface area contributed by atoms with E-state index in [1.807, 2.05) is 6.07 Å². The van der Waals surface area contributed by atoms with Crippen molar-refractivity contribution >= 4 is 11.6 Å². The van der Waals surface area contributed by atoms with Gasteiger partial charge >= 0.3 is 0 Å². The summed E-state index contributed by atoms with van der Waals surface area (Å²) >= 11 is 5.93. The Morgan fingerprint density at radius 2 is 2.35 bits per heavy atom. The van der Waals surface area contributed by atoms with Gasteiger partial charge in [0.2, 0.25) is 0 Å². The van der Waals surface area contributed by atoms with E-state index in [0.29, 0.717) is 16.8 Å². The highest BCUT2D eigenvalue weighted by atomic mass is 35.5. The molecule has 0 radical (unpaired) electrons. The third-order valence-corrected chi connectivity index (χ3v) is 3.41. The molecule has 0 amide bonds. The highest BCUT2D eigenvalue weighted by molar-refractivity contribution is 6.30. The maximum Gasteiger partial charge on any atom is 0.120 e. The molecule has 1 saturated heterocycles. The minimum Gasteiger partial charge on any atom is -0.508 e. The molecule has 94 valence electrons. The van der Waals surface area contributed by atoms with E-state index < -0.39 is 0 Å². The standard InChI is InChI=1S/C13H19ClN2O/c1-16(9-12-3-2-6-15-12)8-10-7-11(14)4-5-13(10)17/h4-5,7,12,15,17H,2-3,6,8-9H2,1H3. The lowest BCUT2D eigenvalue weighted by molar-refractivity contribution is 0.289. The maximum absolute atomic E-state index is 9.74. The normalized spacial score (nSPS) is 20.1. The largest absolute Gasteiger partial charge is 0.508 e. The summed E-state index contributed by atoms with van der Waals surface area (Å²) < 4.78 is 0. The van der Waals surface area contributed by atoms with Crippen molar-refractivity contribution in [2.45, 2.75) is 25.4 Å². The van der Waals surface area contributed by atoms with Crippen LogP contribution in [0.2, 0.25) is 5.02 Å². The molecule has 0 bridgehead atoms. The van der Waals surface area contributed by atoms with Gasteiger partial charge in [0.1, 0.15) is 5.75 Å². The maximum atomic E-state index is 9.74. The Balaban J connectivity index is 1.92. The second kappa shape index (κ2) is 5.71. The second-order valence-electron chi connectivity index (χ2n) is 4.76. The Hall–Kier alpha value is -0.770. The average molecular weight is 255 g/mol. The van der Waals surface area contributed by atoms with Gasteiger partial charge in [0.05, 0.1) is 0 Å². The topological polar surface area (TPSA) is 35.5 Å². The molecule has 1 unspecified atom stereocenters. The summed E-state index contributed by atoms with van der Waals surface area (Å²) in [5, 5.41) is 13.9. The molecule has 1 heterocycles. The molecule has 17 heavy (non-hydrogen) atoms. The minimum atomic E-state index is 0.320. The first-order valence-electron chi connectivity index (χ1n) is 6.04. The van der Waals surface area contributed by atoms with Gasteiger partial charge in [0.15, 0.2) is 0 Å². The molecule has 1 atom stereocenters. The Morgan fingerprint density at radius 1 is 1.53 bits per heavy atom. The van der Waals surface area contributed by atoms with Crippen LogP contribution >= 0.6 is 11.6 Å². The van der Waals surface area contributed by atoms with Crippen molar-refractivity contribution in [1.82, 2.24) is 10.2 Å². The molecular weight excluding hydrogens is 236 g/mol. The molecule has 4 heteroatoms. The molecule has 0 spiro atoms. The molecule has 3 nitrogen and oxygen atoms in total. The fourth-order valence-corrected chi connectivity index (χ4v) is 2.52. The monoisotopic (exact) mass is 254 g/mol. The number of phenols is 1. The molecule has 0 saturated carbocycles. The van der Waals surface area contributed by atoms with E-state index in [9.17, 15) is 5.11 Å². The Labute approximate surface area is 107 Å². The van der Waals surface area contributed by atoms with Gasteiger partial charge in [-0.2, -0.15) is 0 Å². The average Bonchev–Trinajstić information content (AvgIpc) is 2.76. The van der Waals surface area contributed by atoms with E-state index in [2.05, 4.69) is 17.3 Å². The first-order chi connectivity index (χ1) is 8.15. The van der Waals surface area contributed by atoms with Crippen molar-refractivity contribution in [3.8, 4) is 5.75 Å². The van der Waals surface area contributed by atoms with Gasteiger partial charge in [-0.3, -0.25) is 0 Å². The summed E-state index contributed by atoms with van der Waals surface area (Å²) in [7, 11) is 2.07. The molecule has 1 aromatic carbocycles. The Morgan fingerprint density at radius 3 is 3.06 bits per heavy atom. The Kier molecular flexibility index (Phi) is 4.26. The van der Waals surface area contributed by atoms with Crippen molar-refractivity contribution in [3.05, 3.63) is 28.8 Å². The summed E-state index contributed by atoms with van der Waals surface area (Å²) in [6, 6.07) is 5.77. The smallest absolute Gasteiger partial charge is 0.120 e. The molecule has 0 aromatic heterocycles. The molecule has 2 N–H and O–H groups in total. The van der Waals surface area contributed by atoms with Crippen molar-refractivity contribution in [2.75, 3.05) is 20.1 Å². The van der Waals surface area contributed by atoms with Gasteiger partial charge < -0.3 is 15.3 Å². The fourth-order valence-electron chi connectivity index (χ4n) is 2.32. The molecular formula is C13H19ClN2O. The van der Waals surface area contributed by atoms with Crippen LogP contribution in [-0.2, 0) is 6.54 Å². The lowest BCUT2D eigenvalue weighted by Crippen LogP contribution is -2.34. The lowest BCUT2D eigenvalue weighted by Gasteiger charge is -2.21. The SMILES string of the molecule is CN(Cc1cc(Cl)ccc1O)CC1CCCN1. The van der Waals surface area contributed by atoms with Gasteiger partial charge in [-0.1, -0.05) is 11.6 Å². The number of likely N-dealkylation sites (N-methyl/N-ethyl adjacent to an activating group) is 1. The number of rotatable bonds is 4. The molecule has 1 aliphatic heterocycles. The predicted molar refractivity (Wildman–Crippen MR) is 70.5 cm³/mol. The number of hydrogen-bond donors (Lipinski definition) is 2. The van der Waals surface area contributed by atoms with Gasteiger partial charge in [-0.15, -0.1) is 0 Å². The van der Waals surface area contributed by atoms with E-state index >= 15 is 0 Å². The van der Waals surface area contributed by atoms with Gasteiger partial charge in [-0.05, 0) is 44.6 Å². The third kappa shape index (κ3) is 3.60. The van der Waals surface area contributed by atoms with Crippen LogP contribution in [0.25, 0.3) is 0 Å². The molecule has 1 aromatic rings. The number of hydrogen-bond acceptors (Lipinski definition) is 3. The van der Waals surface area contributed by atoms with Crippen molar-refractivity contribution in [2.24, 2.45) is 0 Å². The fraction of sp³-hybridized carbons (Fsp3) is 0.538. The van der Waals surface area contributed by atoms with Gasteiger partial charge in [0.25, 0.3) is 0 Å². The van der Waals surface area contributed by atoms with E-state index in [4.69, 9.17) is 11.6 Å². The summed E-state index contributed by atoms with van der Waals surface area (Å²) in [5.41, 5.74) is 0.887. The quantitative estimate of drug-likeness (QED) is 0.865. The van der Waals surface area contributed by atoms with Crippen molar-refractivity contribution in [3.63, 3.8) is 0 Å². The lowest BCUT2D eigenvalue weighted by atomic mass is 10.1. The van der Waals surface area contributed by atoms with Crippen LogP contribution in [0.15, 0.2) is 18.2 Å². The minimum absolute atomic E-state index is 0.320. The van der Waals surface area contributed by atoms with Crippen LogP contribution in [0, 0.1) is 0 Å². The molecule has 1 fully saturated rings. The van der Waals surface area contributed by atoms with Crippen LogP contribution in [0.4, 0.5) is 0 Å². The zero-order valence-corrected chi connectivity index (χ0v) is 10.9. The molecule has 0 aliphatic carbocycles. The van der Waals surface area contributed by atoms with Crippen molar-refractivity contribution in [1.29, 1.82) is 0 Å². The van der Waals surface area contributed by atoms with Crippen LogP contribution in [0.1, 0.15) is 18.4 Å². The van der Waals surface area contributed by atoms with E-state index in [1.165, 1.54) is 12.8 Å². The van der Waals surface area contributed by atoms with Crippen molar-refractivity contribution < 1.29 is 5.11 Å². The van der Waals surface area contributed by atoms with Crippen LogP contribution in [0.3, 0.4) is 0 Å². The number of benzene rings is 1. The number of phenolic OH excluding ortho intramolecular Hbond substituents is 1. The van der Waals surface area contributed by atoms with Gasteiger partial charge in [0, 0.05) is 29.7 Å². The molecule has 2 rings (SSSR count). The predicted octanol–water partition coefficient (Wildman–Crippen LogP) is 2.23. The first-order valence-corrected chi connectivity index (χ1v) is 6.42. The van der Waals surface area contributed by atoms with E-state index in [1.54, 1.807) is 12.1 Å². The van der Waals surface area contributed by atoms with Gasteiger partial charge in [-0.25, -0.2) is 0 Å². The zero-order chi connectivity index (χ0) is 12.3. The van der Waals surface area contributed by atoms with Crippen LogP contribution in [0.5, 0.6) is 5.75 Å². The van der Waals surface area contributed by atoms with E-state index in [-0.39, 0.29) is 0 Å². The highest BCUT2D eigenvalue weighted by Crippen LogP contribution is 2.22. The number of nitrogens with zero attached hydrogens (tertiary/aromatic N) is 1.